The summed E-state index contributed by atoms with van der Waals surface area (Å²) < 4.78 is 5.61. The Hall–Kier alpha value is -1.81. The Kier molecular flexibility index (Phi) is 6.68. The highest BCUT2D eigenvalue weighted by atomic mass is 16.5. The van der Waals surface area contributed by atoms with Gasteiger partial charge in [0, 0.05) is 25.2 Å². The molecule has 0 aliphatic heterocycles. The number of ether oxygens (including phenoxy) is 1. The first-order valence-corrected chi connectivity index (χ1v) is 6.45. The monoisotopic (exact) mass is 263 g/mol. The van der Waals surface area contributed by atoms with Crippen LogP contribution in [0.4, 0.5) is 0 Å². The lowest BCUT2D eigenvalue weighted by molar-refractivity contribution is -0.125. The number of carbonyl (C=O) groups excluding carboxylic acids is 1. The van der Waals surface area contributed by atoms with Gasteiger partial charge in [-0.1, -0.05) is 25.1 Å². The molecular weight excluding hydrogens is 242 g/mol. The van der Waals surface area contributed by atoms with Gasteiger partial charge in [0.2, 0.25) is 5.91 Å². The van der Waals surface area contributed by atoms with Gasteiger partial charge in [-0.2, -0.15) is 0 Å². The van der Waals surface area contributed by atoms with Crippen LogP contribution in [0, 0.1) is 0 Å². The van der Waals surface area contributed by atoms with Crippen molar-refractivity contribution in [1.82, 2.24) is 4.90 Å². The summed E-state index contributed by atoms with van der Waals surface area (Å²) in [5.41, 5.74) is 0.877. The minimum atomic E-state index is -0.139. The number of aliphatic hydroxyl groups excluding tert-OH is 1. The molecule has 0 saturated carbocycles. The van der Waals surface area contributed by atoms with Gasteiger partial charge in [-0.25, -0.2) is 0 Å². The van der Waals surface area contributed by atoms with Gasteiger partial charge < -0.3 is 14.7 Å². The molecule has 1 aromatic carbocycles. The maximum Gasteiger partial charge on any atom is 0.246 e. The summed E-state index contributed by atoms with van der Waals surface area (Å²) in [6.45, 7) is 3.00. The van der Waals surface area contributed by atoms with E-state index in [2.05, 4.69) is 0 Å². The van der Waals surface area contributed by atoms with E-state index in [1.165, 1.54) is 11.0 Å². The molecule has 1 rings (SSSR count). The van der Waals surface area contributed by atoms with Crippen LogP contribution < -0.4 is 4.74 Å². The highest BCUT2D eigenvalue weighted by Gasteiger charge is 2.04. The molecule has 0 heterocycles. The Labute approximate surface area is 114 Å². The summed E-state index contributed by atoms with van der Waals surface area (Å²) in [7, 11) is 1.66. The Morgan fingerprint density at radius 1 is 1.42 bits per heavy atom. The minimum absolute atomic E-state index is 0.0354. The predicted molar refractivity (Wildman–Crippen MR) is 76.0 cm³/mol. The van der Waals surface area contributed by atoms with Crippen molar-refractivity contribution < 1.29 is 14.6 Å². The minimum Gasteiger partial charge on any atom is -0.493 e. The fraction of sp³-hybridized carbons (Fsp3) is 0.400. The number of carbonyl (C=O) groups is 1. The van der Waals surface area contributed by atoms with Gasteiger partial charge in [0.25, 0.3) is 0 Å². The van der Waals surface area contributed by atoms with Crippen molar-refractivity contribution in [3.63, 3.8) is 0 Å². The first-order valence-electron chi connectivity index (χ1n) is 6.45. The molecule has 104 valence electrons. The SMILES string of the molecule is CCCOc1ccccc1/C=C/C(=O)N(C)CCO. The van der Waals surface area contributed by atoms with Crippen LogP contribution in [0.25, 0.3) is 6.08 Å². The molecule has 1 N–H and O–H groups in total. The van der Waals surface area contributed by atoms with Crippen molar-refractivity contribution in [3.05, 3.63) is 35.9 Å². The molecule has 1 aromatic rings. The van der Waals surface area contributed by atoms with E-state index in [-0.39, 0.29) is 12.5 Å². The summed E-state index contributed by atoms with van der Waals surface area (Å²) in [6.07, 6.45) is 4.17. The molecular formula is C15H21NO3. The van der Waals surface area contributed by atoms with Gasteiger partial charge in [0.15, 0.2) is 0 Å². The second-order valence-electron chi connectivity index (χ2n) is 4.20. The van der Waals surface area contributed by atoms with E-state index in [1.54, 1.807) is 13.1 Å². The lowest BCUT2D eigenvalue weighted by Crippen LogP contribution is -2.27. The molecule has 0 aromatic heterocycles. The van der Waals surface area contributed by atoms with Gasteiger partial charge in [-0.15, -0.1) is 0 Å². The number of hydrogen-bond acceptors (Lipinski definition) is 3. The Bertz CT molecular complexity index is 429. The first kappa shape index (κ1) is 15.2. The molecule has 0 saturated heterocycles. The number of benzene rings is 1. The molecule has 0 radical (unpaired) electrons. The average molecular weight is 263 g/mol. The molecule has 0 spiro atoms. The van der Waals surface area contributed by atoms with E-state index in [4.69, 9.17) is 9.84 Å². The highest BCUT2D eigenvalue weighted by Crippen LogP contribution is 2.19. The van der Waals surface area contributed by atoms with Crippen LogP contribution in [0.5, 0.6) is 5.75 Å². The van der Waals surface area contributed by atoms with Gasteiger partial charge in [-0.05, 0) is 18.6 Å². The summed E-state index contributed by atoms with van der Waals surface area (Å²) in [5.74, 6) is 0.637. The fourth-order valence-electron chi connectivity index (χ4n) is 1.51. The lowest BCUT2D eigenvalue weighted by atomic mass is 10.2. The lowest BCUT2D eigenvalue weighted by Gasteiger charge is -2.13. The van der Waals surface area contributed by atoms with Gasteiger partial charge >= 0.3 is 0 Å². The number of nitrogens with zero attached hydrogens (tertiary/aromatic N) is 1. The summed E-state index contributed by atoms with van der Waals surface area (Å²) in [6, 6.07) is 7.60. The number of rotatable bonds is 7. The van der Waals surface area contributed by atoms with Gasteiger partial charge in [-0.3, -0.25) is 4.79 Å². The molecule has 0 bridgehead atoms. The van der Waals surface area contributed by atoms with Crippen molar-refractivity contribution >= 4 is 12.0 Å². The molecule has 0 aliphatic carbocycles. The molecule has 0 aliphatic rings. The zero-order valence-electron chi connectivity index (χ0n) is 11.5. The Morgan fingerprint density at radius 2 is 2.16 bits per heavy atom. The van der Waals surface area contributed by atoms with E-state index in [9.17, 15) is 4.79 Å². The van der Waals surface area contributed by atoms with E-state index < -0.39 is 0 Å². The topological polar surface area (TPSA) is 49.8 Å². The maximum atomic E-state index is 11.7. The number of amides is 1. The molecule has 0 fully saturated rings. The summed E-state index contributed by atoms with van der Waals surface area (Å²) in [4.78, 5) is 13.2. The van der Waals surface area contributed by atoms with Crippen LogP contribution in [0.3, 0.4) is 0 Å². The van der Waals surface area contributed by atoms with E-state index in [1.807, 2.05) is 31.2 Å². The highest BCUT2D eigenvalue weighted by molar-refractivity contribution is 5.92. The number of aliphatic hydroxyl groups is 1. The molecule has 19 heavy (non-hydrogen) atoms. The Balaban J connectivity index is 2.72. The quantitative estimate of drug-likeness (QED) is 0.765. The van der Waals surface area contributed by atoms with Crippen molar-refractivity contribution in [1.29, 1.82) is 0 Å². The third-order valence-corrected chi connectivity index (χ3v) is 2.60. The molecule has 4 heteroatoms. The van der Waals surface area contributed by atoms with Crippen LogP contribution in [0.1, 0.15) is 18.9 Å². The largest absolute Gasteiger partial charge is 0.493 e. The van der Waals surface area contributed by atoms with Crippen molar-refractivity contribution in [2.75, 3.05) is 26.8 Å². The third-order valence-electron chi connectivity index (χ3n) is 2.60. The van der Waals surface area contributed by atoms with Crippen LogP contribution in [-0.2, 0) is 4.79 Å². The number of likely N-dealkylation sites (N-methyl/N-ethyl adjacent to an activating group) is 1. The zero-order valence-corrected chi connectivity index (χ0v) is 11.5. The van der Waals surface area contributed by atoms with Crippen molar-refractivity contribution in [3.8, 4) is 5.75 Å². The first-order chi connectivity index (χ1) is 9.19. The van der Waals surface area contributed by atoms with Gasteiger partial charge in [0.05, 0.1) is 13.2 Å². The second kappa shape index (κ2) is 8.32. The normalized spacial score (nSPS) is 10.7. The maximum absolute atomic E-state index is 11.7. The standard InChI is InChI=1S/C15H21NO3/c1-3-12-19-14-7-5-4-6-13(14)8-9-15(18)16(2)10-11-17/h4-9,17H,3,10-12H2,1-2H3/b9-8+. The third kappa shape index (κ3) is 5.14. The second-order valence-corrected chi connectivity index (χ2v) is 4.20. The van der Waals surface area contributed by atoms with Crippen LogP contribution in [0.2, 0.25) is 0 Å². The van der Waals surface area contributed by atoms with E-state index in [0.717, 1.165) is 17.7 Å². The summed E-state index contributed by atoms with van der Waals surface area (Å²) >= 11 is 0. The molecule has 1 amide bonds. The van der Waals surface area contributed by atoms with Crippen molar-refractivity contribution in [2.24, 2.45) is 0 Å². The van der Waals surface area contributed by atoms with Crippen molar-refractivity contribution in [2.45, 2.75) is 13.3 Å². The Morgan fingerprint density at radius 3 is 2.84 bits per heavy atom. The zero-order chi connectivity index (χ0) is 14.1. The summed E-state index contributed by atoms with van der Waals surface area (Å²) in [5, 5.41) is 8.77. The molecule has 0 atom stereocenters. The van der Waals surface area contributed by atoms with E-state index in [0.29, 0.717) is 13.2 Å². The predicted octanol–water partition coefficient (Wildman–Crippen LogP) is 1.94. The van der Waals surface area contributed by atoms with Crippen LogP contribution in [0.15, 0.2) is 30.3 Å². The number of hydrogen-bond donors (Lipinski definition) is 1. The van der Waals surface area contributed by atoms with Crippen LogP contribution >= 0.6 is 0 Å². The average Bonchev–Trinajstić information content (AvgIpc) is 2.43. The van der Waals surface area contributed by atoms with Gasteiger partial charge in [0.1, 0.15) is 5.75 Å². The molecule has 0 unspecified atom stereocenters. The number of para-hydroxylation sites is 1. The van der Waals surface area contributed by atoms with E-state index >= 15 is 0 Å². The van der Waals surface area contributed by atoms with Crippen LogP contribution in [-0.4, -0.2) is 42.7 Å². The smallest absolute Gasteiger partial charge is 0.246 e. The molecule has 4 nitrogen and oxygen atoms in total. The fourth-order valence-corrected chi connectivity index (χ4v) is 1.51.